The Balaban J connectivity index is 3.07. The van der Waals surface area contributed by atoms with Gasteiger partial charge in [0, 0.05) is 20.2 Å². The number of hydrogen-bond donors (Lipinski definition) is 2. The lowest BCUT2D eigenvalue weighted by Crippen LogP contribution is -2.35. The maximum absolute atomic E-state index is 11.3. The quantitative estimate of drug-likeness (QED) is 0.763. The van der Waals surface area contributed by atoms with E-state index in [-0.39, 0.29) is 5.75 Å². The van der Waals surface area contributed by atoms with Gasteiger partial charge in [-0.05, 0) is 12.1 Å². The molecular formula is C8H12N2O3S. The molecule has 0 atom stereocenters. The highest BCUT2D eigenvalue weighted by Gasteiger charge is 2.15. The first kappa shape index (κ1) is 10.8. The van der Waals surface area contributed by atoms with Crippen molar-refractivity contribution in [2.75, 3.05) is 18.4 Å². The Labute approximate surface area is 83.2 Å². The first-order valence-electron chi connectivity index (χ1n) is 3.94. The molecule has 0 spiro atoms. The molecule has 0 radical (unpaired) electrons. The Morgan fingerprint density at radius 2 is 2.07 bits per heavy atom. The first-order chi connectivity index (χ1) is 6.47. The van der Waals surface area contributed by atoms with Crippen LogP contribution in [0.25, 0.3) is 0 Å². The molecule has 1 aromatic rings. The largest absolute Gasteiger partial charge is 0.508 e. The Hall–Kier alpha value is -1.27. The van der Waals surface area contributed by atoms with Gasteiger partial charge in [-0.3, -0.25) is 4.31 Å². The molecule has 0 aliphatic heterocycles. The van der Waals surface area contributed by atoms with Gasteiger partial charge in [0.15, 0.2) is 0 Å². The number of nitrogens with one attached hydrogen (secondary N) is 1. The lowest BCUT2D eigenvalue weighted by molar-refractivity contribution is 0.475. The van der Waals surface area contributed by atoms with Gasteiger partial charge < -0.3 is 5.11 Å². The minimum Gasteiger partial charge on any atom is -0.508 e. The highest BCUT2D eigenvalue weighted by molar-refractivity contribution is 7.90. The molecule has 78 valence electrons. The Morgan fingerprint density at radius 3 is 2.57 bits per heavy atom. The van der Waals surface area contributed by atoms with Crippen LogP contribution >= 0.6 is 0 Å². The fourth-order valence-electron chi connectivity index (χ4n) is 0.965. The lowest BCUT2D eigenvalue weighted by atomic mass is 10.3. The van der Waals surface area contributed by atoms with Gasteiger partial charge in [-0.15, -0.1) is 0 Å². The SMILES string of the molecule is CNS(=O)(=O)N(C)c1cccc(O)c1. The zero-order valence-corrected chi connectivity index (χ0v) is 8.75. The van der Waals surface area contributed by atoms with Crippen molar-refractivity contribution >= 4 is 15.9 Å². The van der Waals surface area contributed by atoms with Crippen molar-refractivity contribution in [2.24, 2.45) is 0 Å². The molecule has 1 rings (SSSR count). The fourth-order valence-corrected chi connectivity index (χ4v) is 1.63. The zero-order chi connectivity index (χ0) is 10.8. The topological polar surface area (TPSA) is 69.6 Å². The van der Waals surface area contributed by atoms with Crippen molar-refractivity contribution in [3.05, 3.63) is 24.3 Å². The van der Waals surface area contributed by atoms with Crippen LogP contribution in [0.5, 0.6) is 5.75 Å². The van der Waals surface area contributed by atoms with Gasteiger partial charge in [0.1, 0.15) is 5.75 Å². The van der Waals surface area contributed by atoms with E-state index in [2.05, 4.69) is 4.72 Å². The van der Waals surface area contributed by atoms with Crippen molar-refractivity contribution in [2.45, 2.75) is 0 Å². The molecule has 0 amide bonds. The normalized spacial score (nSPS) is 11.3. The van der Waals surface area contributed by atoms with Gasteiger partial charge in [0.25, 0.3) is 0 Å². The summed E-state index contributed by atoms with van der Waals surface area (Å²) in [5.41, 5.74) is 0.402. The molecule has 0 fully saturated rings. The number of aromatic hydroxyl groups is 1. The summed E-state index contributed by atoms with van der Waals surface area (Å²) >= 11 is 0. The third-order valence-corrected chi connectivity index (χ3v) is 3.26. The van der Waals surface area contributed by atoms with Crippen LogP contribution < -0.4 is 9.03 Å². The van der Waals surface area contributed by atoms with Crippen molar-refractivity contribution in [1.29, 1.82) is 0 Å². The maximum Gasteiger partial charge on any atom is 0.301 e. The second-order valence-corrected chi connectivity index (χ2v) is 4.60. The first-order valence-corrected chi connectivity index (χ1v) is 5.38. The van der Waals surface area contributed by atoms with Crippen molar-refractivity contribution in [3.8, 4) is 5.75 Å². The van der Waals surface area contributed by atoms with E-state index < -0.39 is 10.2 Å². The smallest absolute Gasteiger partial charge is 0.301 e. The second-order valence-electron chi connectivity index (χ2n) is 2.70. The average molecular weight is 216 g/mol. The predicted molar refractivity (Wildman–Crippen MR) is 54.5 cm³/mol. The van der Waals surface area contributed by atoms with Crippen LogP contribution in [0.4, 0.5) is 5.69 Å². The summed E-state index contributed by atoms with van der Waals surface area (Å²) in [6.45, 7) is 0. The van der Waals surface area contributed by atoms with Crippen LogP contribution in [0, 0.1) is 0 Å². The predicted octanol–water partition coefficient (Wildman–Crippen LogP) is 0.293. The Morgan fingerprint density at radius 1 is 1.43 bits per heavy atom. The van der Waals surface area contributed by atoms with Crippen LogP contribution in [-0.4, -0.2) is 27.6 Å². The van der Waals surface area contributed by atoms with E-state index in [1.807, 2.05) is 0 Å². The van der Waals surface area contributed by atoms with E-state index in [4.69, 9.17) is 5.11 Å². The summed E-state index contributed by atoms with van der Waals surface area (Å²) < 4.78 is 25.9. The fraction of sp³-hybridized carbons (Fsp3) is 0.250. The molecule has 1 aromatic carbocycles. The number of anilines is 1. The van der Waals surface area contributed by atoms with E-state index >= 15 is 0 Å². The number of phenols is 1. The minimum absolute atomic E-state index is 0.0284. The number of benzene rings is 1. The molecule has 0 aliphatic carbocycles. The summed E-state index contributed by atoms with van der Waals surface area (Å²) in [7, 11) is -0.764. The van der Waals surface area contributed by atoms with Crippen LogP contribution in [0.15, 0.2) is 24.3 Å². The van der Waals surface area contributed by atoms with E-state index in [9.17, 15) is 8.42 Å². The molecule has 6 heteroatoms. The van der Waals surface area contributed by atoms with Crippen molar-refractivity contribution in [1.82, 2.24) is 4.72 Å². The van der Waals surface area contributed by atoms with Gasteiger partial charge in [-0.25, -0.2) is 4.72 Å². The average Bonchev–Trinajstić information content (AvgIpc) is 2.16. The summed E-state index contributed by atoms with van der Waals surface area (Å²) in [5.74, 6) is 0.0284. The molecule has 0 aromatic heterocycles. The molecule has 0 saturated carbocycles. The summed E-state index contributed by atoms with van der Waals surface area (Å²) in [4.78, 5) is 0. The van der Waals surface area contributed by atoms with Crippen molar-refractivity contribution < 1.29 is 13.5 Å². The highest BCUT2D eigenvalue weighted by Crippen LogP contribution is 2.20. The summed E-state index contributed by atoms with van der Waals surface area (Å²) in [5, 5.41) is 9.16. The van der Waals surface area contributed by atoms with Gasteiger partial charge in [-0.1, -0.05) is 6.07 Å². The molecule has 0 unspecified atom stereocenters. The second kappa shape index (κ2) is 3.85. The van der Waals surface area contributed by atoms with Gasteiger partial charge in [0.05, 0.1) is 5.69 Å². The monoisotopic (exact) mass is 216 g/mol. The number of phenolic OH excluding ortho intramolecular Hbond substituents is 1. The molecule has 0 bridgehead atoms. The lowest BCUT2D eigenvalue weighted by Gasteiger charge is -2.18. The Kier molecular flexibility index (Phi) is 2.97. The van der Waals surface area contributed by atoms with E-state index in [0.29, 0.717) is 5.69 Å². The molecular weight excluding hydrogens is 204 g/mol. The van der Waals surface area contributed by atoms with Gasteiger partial charge >= 0.3 is 10.2 Å². The van der Waals surface area contributed by atoms with E-state index in [1.165, 1.54) is 26.2 Å². The number of nitrogens with zero attached hydrogens (tertiary/aromatic N) is 1. The van der Waals surface area contributed by atoms with Crippen LogP contribution in [-0.2, 0) is 10.2 Å². The third-order valence-electron chi connectivity index (χ3n) is 1.81. The van der Waals surface area contributed by atoms with Crippen LogP contribution in [0.3, 0.4) is 0 Å². The highest BCUT2D eigenvalue weighted by atomic mass is 32.2. The molecule has 14 heavy (non-hydrogen) atoms. The van der Waals surface area contributed by atoms with Gasteiger partial charge in [-0.2, -0.15) is 8.42 Å². The van der Waals surface area contributed by atoms with E-state index in [0.717, 1.165) is 4.31 Å². The van der Waals surface area contributed by atoms with Gasteiger partial charge in [0.2, 0.25) is 0 Å². The molecule has 0 aliphatic rings. The summed E-state index contributed by atoms with van der Waals surface area (Å²) in [6, 6.07) is 6.01. The standard InChI is InChI=1S/C8H12N2O3S/c1-9-14(12,13)10(2)7-4-3-5-8(11)6-7/h3-6,9,11H,1-2H3. The third kappa shape index (κ3) is 2.15. The van der Waals surface area contributed by atoms with Crippen molar-refractivity contribution in [3.63, 3.8) is 0 Å². The molecule has 2 N–H and O–H groups in total. The maximum atomic E-state index is 11.3. The molecule has 5 nitrogen and oxygen atoms in total. The van der Waals surface area contributed by atoms with E-state index in [1.54, 1.807) is 12.1 Å². The van der Waals surface area contributed by atoms with Crippen LogP contribution in [0.1, 0.15) is 0 Å². The molecule has 0 saturated heterocycles. The van der Waals surface area contributed by atoms with Crippen LogP contribution in [0.2, 0.25) is 0 Å². The number of hydrogen-bond acceptors (Lipinski definition) is 3. The number of rotatable bonds is 3. The Bertz CT molecular complexity index is 416. The molecule has 0 heterocycles. The summed E-state index contributed by atoms with van der Waals surface area (Å²) in [6.07, 6.45) is 0. The zero-order valence-electron chi connectivity index (χ0n) is 7.93. The minimum atomic E-state index is -3.50.